The summed E-state index contributed by atoms with van der Waals surface area (Å²) in [6.07, 6.45) is 0. The van der Waals surface area contributed by atoms with Crippen LogP contribution in [-0.4, -0.2) is 46.8 Å². The fourth-order valence-corrected chi connectivity index (χ4v) is 2.82. The van der Waals surface area contributed by atoms with E-state index in [2.05, 4.69) is 5.32 Å². The molecule has 1 heterocycles. The Morgan fingerprint density at radius 2 is 2.05 bits per heavy atom. The van der Waals surface area contributed by atoms with Crippen LogP contribution in [0.5, 0.6) is 5.75 Å². The lowest BCUT2D eigenvalue weighted by Gasteiger charge is -2.27. The van der Waals surface area contributed by atoms with Crippen LogP contribution in [0.1, 0.15) is 13.8 Å². The van der Waals surface area contributed by atoms with E-state index in [-0.39, 0.29) is 29.4 Å². The number of hydrogen-bond acceptors (Lipinski definition) is 5. The quantitative estimate of drug-likeness (QED) is 0.832. The fourth-order valence-electron chi connectivity index (χ4n) is 2.00. The highest BCUT2D eigenvalue weighted by atomic mass is 32.2. The molecule has 0 spiro atoms. The van der Waals surface area contributed by atoms with Crippen LogP contribution in [0.3, 0.4) is 0 Å². The number of nitrogens with one attached hydrogen (secondary N) is 1. The van der Waals surface area contributed by atoms with Crippen LogP contribution in [0.2, 0.25) is 0 Å². The molecule has 0 saturated carbocycles. The number of hydrogen-bond donors (Lipinski definition) is 1. The van der Waals surface area contributed by atoms with Crippen LogP contribution in [0.15, 0.2) is 24.3 Å². The SMILES string of the molecule is CCOc1ccc(NC(=O)CN2C(=O)CS[C@@H](C)C2=O)cc1. The summed E-state index contributed by atoms with van der Waals surface area (Å²) in [6.45, 7) is 3.94. The van der Waals surface area contributed by atoms with E-state index in [1.165, 1.54) is 11.8 Å². The smallest absolute Gasteiger partial charge is 0.244 e. The van der Waals surface area contributed by atoms with Crippen LogP contribution in [-0.2, 0) is 14.4 Å². The number of ether oxygens (including phenoxy) is 1. The van der Waals surface area contributed by atoms with E-state index >= 15 is 0 Å². The van der Waals surface area contributed by atoms with E-state index in [9.17, 15) is 14.4 Å². The molecule has 0 radical (unpaired) electrons. The molecule has 118 valence electrons. The lowest BCUT2D eigenvalue weighted by molar-refractivity contribution is -0.145. The number of carbonyl (C=O) groups is 3. The van der Waals surface area contributed by atoms with Gasteiger partial charge < -0.3 is 10.1 Å². The molecule has 1 aliphatic rings. The van der Waals surface area contributed by atoms with Crippen molar-refractivity contribution in [2.75, 3.05) is 24.2 Å². The van der Waals surface area contributed by atoms with Gasteiger partial charge in [-0.1, -0.05) is 0 Å². The number of benzene rings is 1. The average molecular weight is 322 g/mol. The lowest BCUT2D eigenvalue weighted by atomic mass is 10.3. The number of rotatable bonds is 5. The van der Waals surface area contributed by atoms with Crippen molar-refractivity contribution in [3.8, 4) is 5.75 Å². The summed E-state index contributed by atoms with van der Waals surface area (Å²) in [6, 6.07) is 6.91. The Kier molecular flexibility index (Phi) is 5.43. The first-order valence-corrected chi connectivity index (χ1v) is 8.04. The molecule has 1 atom stereocenters. The van der Waals surface area contributed by atoms with Gasteiger partial charge >= 0.3 is 0 Å². The second kappa shape index (κ2) is 7.31. The van der Waals surface area contributed by atoms with Crippen molar-refractivity contribution in [3.05, 3.63) is 24.3 Å². The summed E-state index contributed by atoms with van der Waals surface area (Å²) >= 11 is 1.29. The number of nitrogens with zero attached hydrogens (tertiary/aromatic N) is 1. The van der Waals surface area contributed by atoms with Crippen molar-refractivity contribution in [3.63, 3.8) is 0 Å². The van der Waals surface area contributed by atoms with E-state index < -0.39 is 5.91 Å². The largest absolute Gasteiger partial charge is 0.494 e. The Balaban J connectivity index is 1.94. The maximum absolute atomic E-state index is 12.0. The highest BCUT2D eigenvalue weighted by Gasteiger charge is 2.33. The Labute approximate surface area is 133 Å². The van der Waals surface area contributed by atoms with E-state index in [1.807, 2.05) is 6.92 Å². The van der Waals surface area contributed by atoms with Gasteiger partial charge in [0.2, 0.25) is 17.7 Å². The number of thioether (sulfide) groups is 1. The molecule has 1 N–H and O–H groups in total. The first kappa shape index (κ1) is 16.4. The summed E-state index contributed by atoms with van der Waals surface area (Å²) < 4.78 is 5.31. The summed E-state index contributed by atoms with van der Waals surface area (Å²) in [4.78, 5) is 36.7. The van der Waals surface area contributed by atoms with Crippen LogP contribution in [0, 0.1) is 0 Å². The van der Waals surface area contributed by atoms with Gasteiger partial charge in [0, 0.05) is 5.69 Å². The van der Waals surface area contributed by atoms with Crippen molar-refractivity contribution >= 4 is 35.2 Å². The maximum Gasteiger partial charge on any atom is 0.244 e. The van der Waals surface area contributed by atoms with Gasteiger partial charge in [0.1, 0.15) is 12.3 Å². The molecule has 6 nitrogen and oxygen atoms in total. The number of amides is 3. The minimum atomic E-state index is -0.398. The number of anilines is 1. The average Bonchev–Trinajstić information content (AvgIpc) is 2.50. The Morgan fingerprint density at radius 3 is 2.68 bits per heavy atom. The normalized spacial score (nSPS) is 18.3. The highest BCUT2D eigenvalue weighted by Crippen LogP contribution is 2.20. The molecule has 1 aromatic rings. The molecular formula is C15H18N2O4S. The zero-order valence-electron chi connectivity index (χ0n) is 12.5. The first-order chi connectivity index (χ1) is 10.5. The third kappa shape index (κ3) is 4.00. The lowest BCUT2D eigenvalue weighted by Crippen LogP contribution is -2.49. The Morgan fingerprint density at radius 1 is 1.36 bits per heavy atom. The molecule has 0 unspecified atom stereocenters. The molecule has 1 saturated heterocycles. The predicted octanol–water partition coefficient (Wildman–Crippen LogP) is 1.51. The van der Waals surface area contributed by atoms with Gasteiger partial charge in [-0.2, -0.15) is 0 Å². The van der Waals surface area contributed by atoms with Crippen LogP contribution in [0.4, 0.5) is 5.69 Å². The molecular weight excluding hydrogens is 304 g/mol. The summed E-state index contributed by atoms with van der Waals surface area (Å²) in [5.74, 6) is -0.0980. The zero-order valence-corrected chi connectivity index (χ0v) is 13.3. The van der Waals surface area contributed by atoms with Gasteiger partial charge in [-0.15, -0.1) is 11.8 Å². The molecule has 3 amide bonds. The van der Waals surface area contributed by atoms with E-state index in [0.717, 1.165) is 4.90 Å². The molecule has 1 aromatic carbocycles. The first-order valence-electron chi connectivity index (χ1n) is 6.99. The highest BCUT2D eigenvalue weighted by molar-refractivity contribution is 8.01. The molecule has 1 fully saturated rings. The number of imide groups is 1. The van der Waals surface area contributed by atoms with Crippen molar-refractivity contribution in [1.82, 2.24) is 4.90 Å². The van der Waals surface area contributed by atoms with E-state index in [4.69, 9.17) is 4.74 Å². The molecule has 7 heteroatoms. The number of carbonyl (C=O) groups excluding carboxylic acids is 3. The molecule has 0 aliphatic carbocycles. The van der Waals surface area contributed by atoms with Crippen molar-refractivity contribution in [2.45, 2.75) is 19.1 Å². The Hall–Kier alpha value is -2.02. The van der Waals surface area contributed by atoms with Gasteiger partial charge in [-0.3, -0.25) is 19.3 Å². The predicted molar refractivity (Wildman–Crippen MR) is 84.9 cm³/mol. The van der Waals surface area contributed by atoms with Crippen molar-refractivity contribution < 1.29 is 19.1 Å². The summed E-state index contributed by atoms with van der Waals surface area (Å²) in [7, 11) is 0. The van der Waals surface area contributed by atoms with Crippen molar-refractivity contribution in [1.29, 1.82) is 0 Å². The maximum atomic E-state index is 12.0. The van der Waals surface area contributed by atoms with Gasteiger partial charge in [-0.05, 0) is 38.1 Å². The standard InChI is InChI=1S/C15H18N2O4S/c1-3-21-12-6-4-11(5-7-12)16-13(18)8-17-14(19)9-22-10(2)15(17)20/h4-7,10H,3,8-9H2,1-2H3,(H,16,18)/t10-/m0/s1. The zero-order chi connectivity index (χ0) is 16.1. The third-order valence-corrected chi connectivity index (χ3v) is 4.24. The van der Waals surface area contributed by atoms with Gasteiger partial charge in [0.25, 0.3) is 0 Å². The fraction of sp³-hybridized carbons (Fsp3) is 0.400. The molecule has 2 rings (SSSR count). The van der Waals surface area contributed by atoms with Crippen molar-refractivity contribution in [2.24, 2.45) is 0 Å². The van der Waals surface area contributed by atoms with Crippen LogP contribution >= 0.6 is 11.8 Å². The second-order valence-electron chi connectivity index (χ2n) is 4.78. The molecule has 22 heavy (non-hydrogen) atoms. The Bertz CT molecular complexity index is 573. The van der Waals surface area contributed by atoms with Gasteiger partial charge in [0.05, 0.1) is 17.6 Å². The molecule has 1 aliphatic heterocycles. The van der Waals surface area contributed by atoms with Crippen LogP contribution < -0.4 is 10.1 Å². The van der Waals surface area contributed by atoms with Gasteiger partial charge in [-0.25, -0.2) is 0 Å². The van der Waals surface area contributed by atoms with E-state index in [0.29, 0.717) is 18.0 Å². The molecule has 0 bridgehead atoms. The van der Waals surface area contributed by atoms with Gasteiger partial charge in [0.15, 0.2) is 0 Å². The van der Waals surface area contributed by atoms with E-state index in [1.54, 1.807) is 31.2 Å². The molecule has 0 aromatic heterocycles. The topological polar surface area (TPSA) is 75.7 Å². The monoisotopic (exact) mass is 322 g/mol. The summed E-state index contributed by atoms with van der Waals surface area (Å²) in [5, 5.41) is 2.37. The second-order valence-corrected chi connectivity index (χ2v) is 6.11. The minimum absolute atomic E-state index is 0.225. The summed E-state index contributed by atoms with van der Waals surface area (Å²) in [5.41, 5.74) is 0.591. The van der Waals surface area contributed by atoms with Crippen LogP contribution in [0.25, 0.3) is 0 Å². The third-order valence-electron chi connectivity index (χ3n) is 3.12. The minimum Gasteiger partial charge on any atom is -0.494 e.